The highest BCUT2D eigenvalue weighted by molar-refractivity contribution is 8.13. The van der Waals surface area contributed by atoms with Gasteiger partial charge < -0.3 is 15.8 Å². The molecule has 1 saturated carbocycles. The molecule has 5 heteroatoms. The molecule has 0 spiro atoms. The van der Waals surface area contributed by atoms with E-state index >= 15 is 0 Å². The van der Waals surface area contributed by atoms with Crippen LogP contribution in [0, 0.1) is 5.92 Å². The van der Waals surface area contributed by atoms with Crippen molar-refractivity contribution in [3.63, 3.8) is 0 Å². The Bertz CT molecular complexity index is 286. The van der Waals surface area contributed by atoms with Gasteiger partial charge in [-0.25, -0.2) is 4.99 Å². The van der Waals surface area contributed by atoms with E-state index in [4.69, 9.17) is 10.5 Å². The molecule has 0 aromatic heterocycles. The van der Waals surface area contributed by atoms with E-state index in [0.717, 1.165) is 25.7 Å². The first-order chi connectivity index (χ1) is 8.67. The number of nitrogens with two attached hydrogens (primary N) is 1. The predicted molar refractivity (Wildman–Crippen MR) is 79.6 cm³/mol. The van der Waals surface area contributed by atoms with Gasteiger partial charge >= 0.3 is 0 Å². The van der Waals surface area contributed by atoms with Crippen LogP contribution in [0.2, 0.25) is 0 Å². The maximum atomic E-state index is 5.93. The number of hydrogen-bond donors (Lipinski definition) is 2. The molecule has 18 heavy (non-hydrogen) atoms. The van der Waals surface area contributed by atoms with Crippen molar-refractivity contribution in [2.45, 2.75) is 44.9 Å². The molecule has 4 nitrogen and oxygen atoms in total. The van der Waals surface area contributed by atoms with Crippen LogP contribution in [-0.2, 0) is 4.74 Å². The smallest absolute Gasteiger partial charge is 0.186 e. The number of ether oxygens (including phenoxy) is 1. The van der Waals surface area contributed by atoms with Gasteiger partial charge in [0.05, 0.1) is 5.04 Å². The van der Waals surface area contributed by atoms with Crippen molar-refractivity contribution in [1.29, 1.82) is 0 Å². The van der Waals surface area contributed by atoms with Crippen molar-refractivity contribution < 1.29 is 4.74 Å². The number of hydrogen-bond acceptors (Lipinski definition) is 5. The Balaban J connectivity index is 2.50. The van der Waals surface area contributed by atoms with Crippen LogP contribution in [0.15, 0.2) is 17.5 Å². The van der Waals surface area contributed by atoms with Crippen molar-refractivity contribution >= 4 is 16.8 Å². The molecule has 1 rings (SSSR count). The van der Waals surface area contributed by atoms with E-state index in [1.165, 1.54) is 5.04 Å². The SMILES string of the molecule is CN/C=C\OC(C)/N=C(\SC)C1CCC(N)CC1. The van der Waals surface area contributed by atoms with Gasteiger partial charge in [0.25, 0.3) is 0 Å². The lowest BCUT2D eigenvalue weighted by Crippen LogP contribution is -2.29. The molecular formula is C13H25N3OS. The summed E-state index contributed by atoms with van der Waals surface area (Å²) in [5, 5.41) is 4.09. The van der Waals surface area contributed by atoms with E-state index in [2.05, 4.69) is 16.6 Å². The van der Waals surface area contributed by atoms with Crippen molar-refractivity contribution in [3.8, 4) is 0 Å². The maximum Gasteiger partial charge on any atom is 0.186 e. The molecule has 1 fully saturated rings. The summed E-state index contributed by atoms with van der Waals surface area (Å²) < 4.78 is 5.46. The number of thioether (sulfide) groups is 1. The van der Waals surface area contributed by atoms with Crippen LogP contribution in [0.1, 0.15) is 32.6 Å². The highest BCUT2D eigenvalue weighted by Crippen LogP contribution is 2.28. The van der Waals surface area contributed by atoms with Gasteiger partial charge in [-0.15, -0.1) is 11.8 Å². The number of rotatable bonds is 5. The zero-order chi connectivity index (χ0) is 13.4. The lowest BCUT2D eigenvalue weighted by atomic mass is 9.87. The molecule has 1 atom stereocenters. The molecule has 0 saturated heterocycles. The Labute approximate surface area is 114 Å². The topological polar surface area (TPSA) is 59.6 Å². The molecule has 104 valence electrons. The van der Waals surface area contributed by atoms with Crippen molar-refractivity contribution in [2.24, 2.45) is 16.6 Å². The molecule has 3 N–H and O–H groups in total. The number of nitrogens with zero attached hydrogens (tertiary/aromatic N) is 1. The summed E-state index contributed by atoms with van der Waals surface area (Å²) in [5.41, 5.74) is 5.93. The van der Waals surface area contributed by atoms with Crippen LogP contribution in [0.4, 0.5) is 0 Å². The van der Waals surface area contributed by atoms with Crippen LogP contribution in [0.25, 0.3) is 0 Å². The van der Waals surface area contributed by atoms with E-state index in [0.29, 0.717) is 12.0 Å². The summed E-state index contributed by atoms with van der Waals surface area (Å²) in [5.74, 6) is 0.569. The molecule has 0 aromatic rings. The van der Waals surface area contributed by atoms with E-state index in [9.17, 15) is 0 Å². The van der Waals surface area contributed by atoms with Crippen LogP contribution < -0.4 is 11.1 Å². The zero-order valence-corrected chi connectivity index (χ0v) is 12.4. The third-order valence-electron chi connectivity index (χ3n) is 3.15. The second-order valence-corrected chi connectivity index (χ2v) is 5.44. The minimum atomic E-state index is -0.132. The van der Waals surface area contributed by atoms with E-state index in [-0.39, 0.29) is 6.23 Å². The molecule has 0 heterocycles. The van der Waals surface area contributed by atoms with E-state index in [1.807, 2.05) is 14.0 Å². The summed E-state index contributed by atoms with van der Waals surface area (Å²) in [7, 11) is 1.84. The Morgan fingerprint density at radius 3 is 2.67 bits per heavy atom. The summed E-state index contributed by atoms with van der Waals surface area (Å²) in [4.78, 5) is 4.65. The van der Waals surface area contributed by atoms with Gasteiger partial charge in [0, 0.05) is 25.2 Å². The third kappa shape index (κ3) is 5.31. The first-order valence-corrected chi connectivity index (χ1v) is 7.74. The zero-order valence-electron chi connectivity index (χ0n) is 11.6. The lowest BCUT2D eigenvalue weighted by Gasteiger charge is -2.27. The first-order valence-electron chi connectivity index (χ1n) is 6.52. The van der Waals surface area contributed by atoms with Gasteiger partial charge in [0.1, 0.15) is 6.26 Å². The molecule has 0 aliphatic heterocycles. The average Bonchev–Trinajstić information content (AvgIpc) is 2.37. The standard InChI is InChI=1S/C13H25N3OS/c1-10(17-9-8-15-2)16-13(18-3)11-4-6-12(14)7-5-11/h8-12,15H,4-7,14H2,1-3H3/b9-8-,16-13-. The highest BCUT2D eigenvalue weighted by atomic mass is 32.2. The van der Waals surface area contributed by atoms with Crippen molar-refractivity contribution in [1.82, 2.24) is 5.32 Å². The van der Waals surface area contributed by atoms with Gasteiger partial charge in [-0.3, -0.25) is 0 Å². The molecule has 0 aromatic carbocycles. The number of nitrogens with one attached hydrogen (secondary N) is 1. The van der Waals surface area contributed by atoms with Crippen LogP contribution in [0.3, 0.4) is 0 Å². The fourth-order valence-electron chi connectivity index (χ4n) is 2.12. The molecule has 0 amide bonds. The fraction of sp³-hybridized carbons (Fsp3) is 0.769. The van der Waals surface area contributed by atoms with Gasteiger partial charge in [0.15, 0.2) is 6.23 Å². The van der Waals surface area contributed by atoms with E-state index in [1.54, 1.807) is 24.2 Å². The van der Waals surface area contributed by atoms with Crippen molar-refractivity contribution in [2.75, 3.05) is 13.3 Å². The van der Waals surface area contributed by atoms with Crippen LogP contribution >= 0.6 is 11.8 Å². The van der Waals surface area contributed by atoms with Crippen LogP contribution in [-0.4, -0.2) is 30.6 Å². The quantitative estimate of drug-likeness (QED) is 0.458. The Morgan fingerprint density at radius 2 is 2.11 bits per heavy atom. The first kappa shape index (κ1) is 15.4. The molecule has 1 aliphatic rings. The highest BCUT2D eigenvalue weighted by Gasteiger charge is 2.23. The second-order valence-electron chi connectivity index (χ2n) is 4.61. The largest absolute Gasteiger partial charge is 0.475 e. The third-order valence-corrected chi connectivity index (χ3v) is 4.01. The van der Waals surface area contributed by atoms with Gasteiger partial charge in [-0.05, 0) is 38.9 Å². The van der Waals surface area contributed by atoms with Gasteiger partial charge in [-0.1, -0.05) is 0 Å². The lowest BCUT2D eigenvalue weighted by molar-refractivity contribution is 0.169. The maximum absolute atomic E-state index is 5.93. The summed E-state index contributed by atoms with van der Waals surface area (Å²) in [6, 6.07) is 0.386. The molecule has 0 radical (unpaired) electrons. The van der Waals surface area contributed by atoms with Gasteiger partial charge in [-0.2, -0.15) is 0 Å². The molecular weight excluding hydrogens is 246 g/mol. The summed E-state index contributed by atoms with van der Waals surface area (Å²) in [6.45, 7) is 1.96. The minimum Gasteiger partial charge on any atom is -0.475 e. The summed E-state index contributed by atoms with van der Waals surface area (Å²) >= 11 is 1.73. The average molecular weight is 271 g/mol. The van der Waals surface area contributed by atoms with Gasteiger partial charge in [0.2, 0.25) is 0 Å². The predicted octanol–water partition coefficient (Wildman–Crippen LogP) is 2.32. The second kappa shape index (κ2) is 8.43. The molecule has 1 aliphatic carbocycles. The fourth-order valence-corrected chi connectivity index (χ4v) is 2.94. The Kier molecular flexibility index (Phi) is 7.20. The Morgan fingerprint density at radius 1 is 1.44 bits per heavy atom. The van der Waals surface area contributed by atoms with E-state index < -0.39 is 0 Å². The number of aliphatic imine (C=N–C) groups is 1. The minimum absolute atomic E-state index is 0.132. The van der Waals surface area contributed by atoms with Crippen molar-refractivity contribution in [3.05, 3.63) is 12.5 Å². The molecule has 0 bridgehead atoms. The normalized spacial score (nSPS) is 27.2. The Hall–Kier alpha value is -0.680. The monoisotopic (exact) mass is 271 g/mol. The van der Waals surface area contributed by atoms with Crippen LogP contribution in [0.5, 0.6) is 0 Å². The summed E-state index contributed by atoms with van der Waals surface area (Å²) in [6.07, 6.45) is 9.88. The molecule has 1 unspecified atom stereocenters.